The summed E-state index contributed by atoms with van der Waals surface area (Å²) in [5, 5.41) is 9.34. The van der Waals surface area contributed by atoms with Crippen LogP contribution >= 0.6 is 11.6 Å². The zero-order valence-electron chi connectivity index (χ0n) is 13.7. The predicted molar refractivity (Wildman–Crippen MR) is 94.2 cm³/mol. The molecule has 0 radical (unpaired) electrons. The predicted octanol–water partition coefficient (Wildman–Crippen LogP) is 2.77. The van der Waals surface area contributed by atoms with Gasteiger partial charge in [0.15, 0.2) is 0 Å². The van der Waals surface area contributed by atoms with Gasteiger partial charge in [-0.3, -0.25) is 4.79 Å². The van der Waals surface area contributed by atoms with Gasteiger partial charge in [0.05, 0.1) is 17.9 Å². The van der Waals surface area contributed by atoms with E-state index in [2.05, 4.69) is 15.5 Å². The minimum absolute atomic E-state index is 0.121. The molecule has 0 bridgehead atoms. The van der Waals surface area contributed by atoms with Crippen molar-refractivity contribution in [2.75, 3.05) is 0 Å². The van der Waals surface area contributed by atoms with Crippen molar-refractivity contribution < 1.29 is 22.0 Å². The van der Waals surface area contributed by atoms with Crippen molar-refractivity contribution in [3.8, 4) is 0 Å². The number of nitrogens with one attached hydrogen (secondary N) is 1. The molecule has 1 heterocycles. The van der Waals surface area contributed by atoms with E-state index in [1.165, 1.54) is 24.3 Å². The lowest BCUT2D eigenvalue weighted by atomic mass is 10.2. The summed E-state index contributed by atoms with van der Waals surface area (Å²) in [6.07, 6.45) is 0. The molecule has 140 valence electrons. The number of carbonyl (C=O) groups is 1. The van der Waals surface area contributed by atoms with Gasteiger partial charge in [0.1, 0.15) is 5.82 Å². The maximum Gasteiger partial charge on any atom is 0.335 e. The SMILES string of the molecule is O=C(NCc1nnc(S(=O)(=O)Cc2cccc(Cl)c2)o1)c1ccccc1F. The van der Waals surface area contributed by atoms with E-state index in [1.54, 1.807) is 18.2 Å². The minimum atomic E-state index is -3.88. The summed E-state index contributed by atoms with van der Waals surface area (Å²) in [4.78, 5) is 11.9. The molecule has 1 aromatic heterocycles. The summed E-state index contributed by atoms with van der Waals surface area (Å²) in [6.45, 7) is -0.243. The van der Waals surface area contributed by atoms with Crippen LogP contribution in [0.3, 0.4) is 0 Å². The van der Waals surface area contributed by atoms with Gasteiger partial charge in [0.25, 0.3) is 5.91 Å². The van der Waals surface area contributed by atoms with E-state index in [0.29, 0.717) is 10.6 Å². The maximum atomic E-state index is 13.6. The fourth-order valence-electron chi connectivity index (χ4n) is 2.24. The summed E-state index contributed by atoms with van der Waals surface area (Å²) >= 11 is 5.84. The zero-order valence-corrected chi connectivity index (χ0v) is 15.3. The first-order chi connectivity index (χ1) is 12.8. The average Bonchev–Trinajstić information content (AvgIpc) is 3.10. The summed E-state index contributed by atoms with van der Waals surface area (Å²) in [5.74, 6) is -1.85. The molecule has 3 rings (SSSR count). The van der Waals surface area contributed by atoms with E-state index in [1.807, 2.05) is 0 Å². The van der Waals surface area contributed by atoms with Crippen LogP contribution in [-0.2, 0) is 22.1 Å². The largest absolute Gasteiger partial charge is 0.411 e. The molecule has 0 unspecified atom stereocenters. The number of aromatic nitrogens is 2. The quantitative estimate of drug-likeness (QED) is 0.671. The summed E-state index contributed by atoms with van der Waals surface area (Å²) in [5.41, 5.74) is 0.320. The van der Waals surface area contributed by atoms with Crippen LogP contribution in [0.4, 0.5) is 4.39 Å². The van der Waals surface area contributed by atoms with Crippen molar-refractivity contribution in [1.29, 1.82) is 0 Å². The van der Waals surface area contributed by atoms with Gasteiger partial charge >= 0.3 is 5.22 Å². The first kappa shape index (κ1) is 19.0. The highest BCUT2D eigenvalue weighted by Crippen LogP contribution is 2.18. The second kappa shape index (κ2) is 7.85. The second-order valence-corrected chi connectivity index (χ2v) is 7.82. The lowest BCUT2D eigenvalue weighted by Gasteiger charge is -2.03. The van der Waals surface area contributed by atoms with Crippen molar-refractivity contribution in [3.63, 3.8) is 0 Å². The van der Waals surface area contributed by atoms with E-state index < -0.39 is 26.8 Å². The maximum absolute atomic E-state index is 13.6. The number of rotatable bonds is 6. The Morgan fingerprint density at radius 1 is 1.15 bits per heavy atom. The molecule has 0 saturated carbocycles. The second-order valence-electron chi connectivity index (χ2n) is 5.51. The van der Waals surface area contributed by atoms with Crippen LogP contribution in [-0.4, -0.2) is 24.5 Å². The Hall–Kier alpha value is -2.78. The van der Waals surface area contributed by atoms with Crippen LogP contribution in [0, 0.1) is 5.82 Å². The zero-order chi connectivity index (χ0) is 19.4. The third-order valence-electron chi connectivity index (χ3n) is 3.48. The average molecular weight is 410 g/mol. The molecular formula is C17H13ClFN3O4S. The Bertz CT molecular complexity index is 1090. The van der Waals surface area contributed by atoms with Gasteiger partial charge < -0.3 is 9.73 Å². The summed E-state index contributed by atoms with van der Waals surface area (Å²) < 4.78 is 43.4. The van der Waals surface area contributed by atoms with Gasteiger partial charge in [-0.15, -0.1) is 5.10 Å². The van der Waals surface area contributed by atoms with E-state index in [4.69, 9.17) is 16.0 Å². The van der Waals surface area contributed by atoms with Crippen LogP contribution in [0.1, 0.15) is 21.8 Å². The van der Waals surface area contributed by atoms with Gasteiger partial charge in [0, 0.05) is 5.02 Å². The number of nitrogens with zero attached hydrogens (tertiary/aromatic N) is 2. The summed E-state index contributed by atoms with van der Waals surface area (Å²) in [7, 11) is -3.88. The number of hydrogen-bond acceptors (Lipinski definition) is 6. The van der Waals surface area contributed by atoms with Gasteiger partial charge in [-0.2, -0.15) is 0 Å². The molecule has 1 N–H and O–H groups in total. The third-order valence-corrected chi connectivity index (χ3v) is 5.12. The smallest absolute Gasteiger partial charge is 0.335 e. The van der Waals surface area contributed by atoms with Crippen LogP contribution < -0.4 is 5.32 Å². The minimum Gasteiger partial charge on any atom is -0.411 e. The van der Waals surface area contributed by atoms with Crippen LogP contribution in [0.5, 0.6) is 0 Å². The highest BCUT2D eigenvalue weighted by Gasteiger charge is 2.23. The molecule has 7 nitrogen and oxygen atoms in total. The number of benzene rings is 2. The van der Waals surface area contributed by atoms with Crippen LogP contribution in [0.2, 0.25) is 5.02 Å². The Morgan fingerprint density at radius 3 is 2.67 bits per heavy atom. The Balaban J connectivity index is 1.67. The molecule has 0 aliphatic heterocycles. The molecule has 0 spiro atoms. The molecule has 2 aromatic carbocycles. The fourth-order valence-corrected chi connectivity index (χ4v) is 3.58. The standard InChI is InChI=1S/C17H13ClFN3O4S/c18-12-5-3-4-11(8-12)10-27(24,25)17-22-21-15(26-17)9-20-16(23)13-6-1-2-7-14(13)19/h1-8H,9-10H2,(H,20,23). The van der Waals surface area contributed by atoms with Crippen molar-refractivity contribution in [3.05, 3.63) is 76.4 Å². The molecule has 10 heteroatoms. The van der Waals surface area contributed by atoms with Gasteiger partial charge in [0.2, 0.25) is 15.7 Å². The molecule has 0 saturated heterocycles. The normalized spacial score (nSPS) is 11.3. The molecule has 0 fully saturated rings. The Labute approximate surface area is 159 Å². The van der Waals surface area contributed by atoms with Crippen molar-refractivity contribution >= 4 is 27.3 Å². The lowest BCUT2D eigenvalue weighted by Crippen LogP contribution is -2.23. The van der Waals surface area contributed by atoms with E-state index in [0.717, 1.165) is 6.07 Å². The Morgan fingerprint density at radius 2 is 1.93 bits per heavy atom. The van der Waals surface area contributed by atoms with Crippen LogP contribution in [0.25, 0.3) is 0 Å². The number of carbonyl (C=O) groups excluding carboxylic acids is 1. The molecule has 27 heavy (non-hydrogen) atoms. The van der Waals surface area contributed by atoms with E-state index in [-0.39, 0.29) is 23.8 Å². The van der Waals surface area contributed by atoms with E-state index in [9.17, 15) is 17.6 Å². The Kier molecular flexibility index (Phi) is 5.52. The number of amides is 1. The molecule has 0 aliphatic carbocycles. The number of sulfone groups is 1. The van der Waals surface area contributed by atoms with Crippen molar-refractivity contribution in [2.24, 2.45) is 0 Å². The third kappa shape index (κ3) is 4.69. The fraction of sp³-hybridized carbons (Fsp3) is 0.118. The van der Waals surface area contributed by atoms with Crippen molar-refractivity contribution in [2.45, 2.75) is 17.5 Å². The first-order valence-corrected chi connectivity index (χ1v) is 9.70. The number of halogens is 2. The van der Waals surface area contributed by atoms with Crippen molar-refractivity contribution in [1.82, 2.24) is 15.5 Å². The van der Waals surface area contributed by atoms with Gasteiger partial charge in [-0.25, -0.2) is 12.8 Å². The highest BCUT2D eigenvalue weighted by molar-refractivity contribution is 7.90. The lowest BCUT2D eigenvalue weighted by molar-refractivity contribution is 0.0942. The molecule has 1 amide bonds. The van der Waals surface area contributed by atoms with Crippen LogP contribution in [0.15, 0.2) is 58.2 Å². The summed E-state index contributed by atoms with van der Waals surface area (Å²) in [6, 6.07) is 11.8. The molecule has 0 aliphatic rings. The van der Waals surface area contributed by atoms with Gasteiger partial charge in [-0.05, 0) is 29.8 Å². The topological polar surface area (TPSA) is 102 Å². The number of hydrogen-bond donors (Lipinski definition) is 1. The highest BCUT2D eigenvalue weighted by atomic mass is 35.5. The molecular weight excluding hydrogens is 397 g/mol. The van der Waals surface area contributed by atoms with E-state index >= 15 is 0 Å². The monoisotopic (exact) mass is 409 g/mol. The van der Waals surface area contributed by atoms with Gasteiger partial charge in [-0.1, -0.05) is 41.0 Å². The first-order valence-electron chi connectivity index (χ1n) is 7.67. The molecule has 3 aromatic rings. The molecule has 0 atom stereocenters.